The minimum atomic E-state index is 0.451. The van der Waals surface area contributed by atoms with Crippen LogP contribution in [-0.4, -0.2) is 33.3 Å². The van der Waals surface area contributed by atoms with Gasteiger partial charge in [-0.15, -0.1) is 0 Å². The predicted octanol–water partition coefficient (Wildman–Crippen LogP) is 1.26. The Morgan fingerprint density at radius 1 is 1.33 bits per heavy atom. The second-order valence-electron chi connectivity index (χ2n) is 4.68. The van der Waals surface area contributed by atoms with Crippen LogP contribution < -0.4 is 5.32 Å². The van der Waals surface area contributed by atoms with Crippen molar-refractivity contribution in [2.75, 3.05) is 13.1 Å². The van der Waals surface area contributed by atoms with Crippen molar-refractivity contribution in [2.24, 2.45) is 0 Å². The highest BCUT2D eigenvalue weighted by Crippen LogP contribution is 2.19. The van der Waals surface area contributed by atoms with Gasteiger partial charge in [0.2, 0.25) is 0 Å². The fraction of sp³-hybridized carbons (Fsp3) is 0.462. The zero-order chi connectivity index (χ0) is 12.2. The van der Waals surface area contributed by atoms with Crippen LogP contribution in [0.25, 0.3) is 0 Å². The quantitative estimate of drug-likeness (QED) is 0.851. The summed E-state index contributed by atoms with van der Waals surface area (Å²) in [4.78, 5) is 8.88. The standard InChI is InChI=1S/C13H17N5/c1-2-7-15-11(5-1)8-12-16-13(18-17-12)10-4-3-6-14-9-10/h1-2,5,7,10,14H,3-4,6,8-9H2,(H,16,17,18). The summed E-state index contributed by atoms with van der Waals surface area (Å²) in [5, 5.41) is 10.7. The van der Waals surface area contributed by atoms with E-state index in [0.29, 0.717) is 12.3 Å². The third-order valence-electron chi connectivity index (χ3n) is 3.29. The zero-order valence-corrected chi connectivity index (χ0v) is 10.3. The molecule has 2 N–H and O–H groups in total. The molecule has 0 aromatic carbocycles. The first kappa shape index (κ1) is 11.3. The number of nitrogens with one attached hydrogen (secondary N) is 2. The van der Waals surface area contributed by atoms with E-state index in [4.69, 9.17) is 0 Å². The summed E-state index contributed by atoms with van der Waals surface area (Å²) < 4.78 is 0. The van der Waals surface area contributed by atoms with Gasteiger partial charge in [0.1, 0.15) is 5.82 Å². The van der Waals surface area contributed by atoms with Crippen molar-refractivity contribution in [3.05, 3.63) is 41.7 Å². The molecule has 0 saturated carbocycles. The van der Waals surface area contributed by atoms with Gasteiger partial charge in [0.05, 0.1) is 0 Å². The highest BCUT2D eigenvalue weighted by molar-refractivity contribution is 5.10. The van der Waals surface area contributed by atoms with Crippen molar-refractivity contribution >= 4 is 0 Å². The van der Waals surface area contributed by atoms with Crippen molar-refractivity contribution in [1.82, 2.24) is 25.5 Å². The first-order chi connectivity index (χ1) is 8.92. The molecule has 3 heterocycles. The highest BCUT2D eigenvalue weighted by Gasteiger charge is 2.19. The van der Waals surface area contributed by atoms with Crippen LogP contribution >= 0.6 is 0 Å². The molecule has 3 rings (SSSR count). The molecule has 18 heavy (non-hydrogen) atoms. The molecule has 5 heteroatoms. The van der Waals surface area contributed by atoms with Crippen LogP contribution in [0.3, 0.4) is 0 Å². The van der Waals surface area contributed by atoms with E-state index in [0.717, 1.165) is 30.4 Å². The van der Waals surface area contributed by atoms with Gasteiger partial charge in [-0.3, -0.25) is 10.1 Å². The molecule has 0 radical (unpaired) electrons. The molecule has 2 aromatic heterocycles. The largest absolute Gasteiger partial charge is 0.316 e. The second-order valence-corrected chi connectivity index (χ2v) is 4.68. The number of piperidine rings is 1. The monoisotopic (exact) mass is 243 g/mol. The summed E-state index contributed by atoms with van der Waals surface area (Å²) >= 11 is 0. The molecule has 0 bridgehead atoms. The van der Waals surface area contributed by atoms with Crippen LogP contribution in [0.4, 0.5) is 0 Å². The summed E-state index contributed by atoms with van der Waals surface area (Å²) in [6.07, 6.45) is 4.90. The van der Waals surface area contributed by atoms with Crippen molar-refractivity contribution in [2.45, 2.75) is 25.2 Å². The lowest BCUT2D eigenvalue weighted by Crippen LogP contribution is -2.28. The van der Waals surface area contributed by atoms with E-state index in [9.17, 15) is 0 Å². The molecular weight excluding hydrogens is 226 g/mol. The number of hydrogen-bond donors (Lipinski definition) is 2. The Morgan fingerprint density at radius 2 is 2.33 bits per heavy atom. The Morgan fingerprint density at radius 3 is 3.11 bits per heavy atom. The molecular formula is C13H17N5. The molecule has 1 saturated heterocycles. The summed E-state index contributed by atoms with van der Waals surface area (Å²) in [6, 6.07) is 5.91. The minimum absolute atomic E-state index is 0.451. The Balaban J connectivity index is 1.69. The zero-order valence-electron chi connectivity index (χ0n) is 10.3. The maximum Gasteiger partial charge on any atom is 0.155 e. The van der Waals surface area contributed by atoms with Crippen molar-refractivity contribution < 1.29 is 0 Å². The lowest BCUT2D eigenvalue weighted by atomic mass is 9.99. The number of aromatic amines is 1. The summed E-state index contributed by atoms with van der Waals surface area (Å²) in [7, 11) is 0. The van der Waals surface area contributed by atoms with E-state index < -0.39 is 0 Å². The molecule has 0 spiro atoms. The Kier molecular flexibility index (Phi) is 3.32. The van der Waals surface area contributed by atoms with Crippen LogP contribution in [0, 0.1) is 0 Å². The van der Waals surface area contributed by atoms with Crippen molar-refractivity contribution in [1.29, 1.82) is 0 Å². The predicted molar refractivity (Wildman–Crippen MR) is 68.3 cm³/mol. The fourth-order valence-electron chi connectivity index (χ4n) is 2.32. The normalized spacial score (nSPS) is 19.9. The molecule has 1 aliphatic heterocycles. The second kappa shape index (κ2) is 5.27. The van der Waals surface area contributed by atoms with Gasteiger partial charge >= 0.3 is 0 Å². The third-order valence-corrected chi connectivity index (χ3v) is 3.29. The maximum atomic E-state index is 4.58. The SMILES string of the molecule is c1ccc(Cc2nc(C3CCCNC3)n[nH]2)nc1. The number of pyridine rings is 1. The van der Waals surface area contributed by atoms with E-state index >= 15 is 0 Å². The molecule has 1 atom stereocenters. The average molecular weight is 243 g/mol. The third kappa shape index (κ3) is 2.56. The summed E-state index contributed by atoms with van der Waals surface area (Å²) in [5.74, 6) is 2.29. The number of H-pyrrole nitrogens is 1. The Hall–Kier alpha value is -1.75. The van der Waals surface area contributed by atoms with Gasteiger partial charge in [0, 0.05) is 30.8 Å². The van der Waals surface area contributed by atoms with Gasteiger partial charge in [-0.2, -0.15) is 5.10 Å². The maximum absolute atomic E-state index is 4.58. The Bertz CT molecular complexity index is 487. The van der Waals surface area contributed by atoms with Crippen LogP contribution in [-0.2, 0) is 6.42 Å². The van der Waals surface area contributed by atoms with E-state index in [1.165, 1.54) is 12.8 Å². The van der Waals surface area contributed by atoms with E-state index in [1.54, 1.807) is 6.20 Å². The molecule has 94 valence electrons. The van der Waals surface area contributed by atoms with Gasteiger partial charge in [-0.25, -0.2) is 4.98 Å². The topological polar surface area (TPSA) is 66.5 Å². The van der Waals surface area contributed by atoms with E-state index in [2.05, 4.69) is 25.5 Å². The molecule has 0 aliphatic carbocycles. The first-order valence-corrected chi connectivity index (χ1v) is 6.43. The molecule has 1 fully saturated rings. The number of nitrogens with zero attached hydrogens (tertiary/aromatic N) is 3. The first-order valence-electron chi connectivity index (χ1n) is 6.43. The average Bonchev–Trinajstić information content (AvgIpc) is 2.89. The van der Waals surface area contributed by atoms with Crippen LogP contribution in [0.2, 0.25) is 0 Å². The van der Waals surface area contributed by atoms with Crippen LogP contribution in [0.1, 0.15) is 36.1 Å². The van der Waals surface area contributed by atoms with Crippen molar-refractivity contribution in [3.8, 4) is 0 Å². The van der Waals surface area contributed by atoms with E-state index in [-0.39, 0.29) is 0 Å². The number of aromatic nitrogens is 4. The minimum Gasteiger partial charge on any atom is -0.316 e. The van der Waals surface area contributed by atoms with Crippen LogP contribution in [0.15, 0.2) is 24.4 Å². The lowest BCUT2D eigenvalue weighted by molar-refractivity contribution is 0.447. The van der Waals surface area contributed by atoms with Gasteiger partial charge in [-0.05, 0) is 31.5 Å². The smallest absolute Gasteiger partial charge is 0.155 e. The van der Waals surface area contributed by atoms with E-state index in [1.807, 2.05) is 18.2 Å². The van der Waals surface area contributed by atoms with Crippen molar-refractivity contribution in [3.63, 3.8) is 0 Å². The van der Waals surface area contributed by atoms with Gasteiger partial charge in [0.15, 0.2) is 5.82 Å². The van der Waals surface area contributed by atoms with Gasteiger partial charge < -0.3 is 5.32 Å². The molecule has 1 aliphatic rings. The molecule has 2 aromatic rings. The van der Waals surface area contributed by atoms with Crippen LogP contribution in [0.5, 0.6) is 0 Å². The van der Waals surface area contributed by atoms with Gasteiger partial charge in [0.25, 0.3) is 0 Å². The lowest BCUT2D eigenvalue weighted by Gasteiger charge is -2.19. The molecule has 1 unspecified atom stereocenters. The van der Waals surface area contributed by atoms with Gasteiger partial charge in [-0.1, -0.05) is 6.07 Å². The fourth-order valence-corrected chi connectivity index (χ4v) is 2.32. The number of hydrogen-bond acceptors (Lipinski definition) is 4. The molecule has 0 amide bonds. The number of rotatable bonds is 3. The molecule has 5 nitrogen and oxygen atoms in total. The Labute approximate surface area is 106 Å². The summed E-state index contributed by atoms with van der Waals surface area (Å²) in [6.45, 7) is 2.10. The summed E-state index contributed by atoms with van der Waals surface area (Å²) in [5.41, 5.74) is 1.02. The highest BCUT2D eigenvalue weighted by atomic mass is 15.2.